The molecule has 1 aliphatic rings. The molecule has 0 N–H and O–H groups in total. The van der Waals surface area contributed by atoms with Crippen LogP contribution in [-0.4, -0.2) is 36.5 Å². The highest BCUT2D eigenvalue weighted by molar-refractivity contribution is 6.30. The van der Waals surface area contributed by atoms with E-state index in [1.165, 1.54) is 24.0 Å². The van der Waals surface area contributed by atoms with Crippen LogP contribution in [0.4, 0.5) is 4.39 Å². The summed E-state index contributed by atoms with van der Waals surface area (Å²) in [5.41, 5.74) is 1.61. The van der Waals surface area contributed by atoms with E-state index in [1.807, 2.05) is 0 Å². The zero-order valence-corrected chi connectivity index (χ0v) is 16.2. The zero-order chi connectivity index (χ0) is 20.3. The molecular weight excluding hydrogens is 385 g/mol. The van der Waals surface area contributed by atoms with Gasteiger partial charge in [0.15, 0.2) is 6.10 Å². The van der Waals surface area contributed by atoms with Crippen LogP contribution in [0.25, 0.3) is 6.08 Å². The number of rotatable bonds is 5. The molecule has 2 aromatic rings. The van der Waals surface area contributed by atoms with Crippen LogP contribution in [0.3, 0.4) is 0 Å². The normalized spacial score (nSPS) is 13.6. The van der Waals surface area contributed by atoms with Crippen molar-refractivity contribution in [1.29, 1.82) is 0 Å². The third-order valence-corrected chi connectivity index (χ3v) is 4.50. The van der Waals surface area contributed by atoms with Gasteiger partial charge in [-0.05, 0) is 48.9 Å². The maximum Gasteiger partial charge on any atom is 0.338 e. The Morgan fingerprint density at radius 1 is 1.29 bits per heavy atom. The lowest BCUT2D eigenvalue weighted by Crippen LogP contribution is -2.37. The Bertz CT molecular complexity index is 944. The highest BCUT2D eigenvalue weighted by Crippen LogP contribution is 2.29. The third kappa shape index (κ3) is 4.70. The van der Waals surface area contributed by atoms with E-state index in [0.29, 0.717) is 27.5 Å². The van der Waals surface area contributed by atoms with Gasteiger partial charge >= 0.3 is 5.97 Å². The zero-order valence-electron chi connectivity index (χ0n) is 15.4. The number of carbonyl (C=O) groups excluding carboxylic acids is 2. The first-order valence-corrected chi connectivity index (χ1v) is 9.04. The van der Waals surface area contributed by atoms with Gasteiger partial charge in [0.2, 0.25) is 0 Å². The largest absolute Gasteiger partial charge is 0.488 e. The van der Waals surface area contributed by atoms with E-state index in [4.69, 9.17) is 21.1 Å². The van der Waals surface area contributed by atoms with Crippen molar-refractivity contribution in [3.8, 4) is 5.75 Å². The molecule has 146 valence electrons. The molecule has 0 aromatic heterocycles. The smallest absolute Gasteiger partial charge is 0.338 e. The summed E-state index contributed by atoms with van der Waals surface area (Å²) < 4.78 is 24.1. The molecular formula is C21H19ClFNO4. The van der Waals surface area contributed by atoms with Crippen LogP contribution >= 0.6 is 11.6 Å². The van der Waals surface area contributed by atoms with Crippen molar-refractivity contribution in [2.75, 3.05) is 13.7 Å². The number of nitrogens with zero attached hydrogens (tertiary/aromatic N) is 1. The fourth-order valence-corrected chi connectivity index (χ4v) is 3.03. The average Bonchev–Trinajstić information content (AvgIpc) is 2.66. The summed E-state index contributed by atoms with van der Waals surface area (Å²) in [5, 5.41) is 0.524. The summed E-state index contributed by atoms with van der Waals surface area (Å²) in [6.45, 7) is 1.75. The van der Waals surface area contributed by atoms with E-state index in [-0.39, 0.29) is 19.0 Å². The minimum Gasteiger partial charge on any atom is -0.488 e. The Morgan fingerprint density at radius 2 is 2.07 bits per heavy atom. The number of esters is 1. The Hall–Kier alpha value is -2.86. The topological polar surface area (TPSA) is 55.8 Å². The Kier molecular flexibility index (Phi) is 5.99. The van der Waals surface area contributed by atoms with Crippen LogP contribution in [0.5, 0.6) is 5.75 Å². The number of hydrogen-bond acceptors (Lipinski definition) is 4. The van der Waals surface area contributed by atoms with Gasteiger partial charge in [-0.3, -0.25) is 4.79 Å². The van der Waals surface area contributed by atoms with Crippen molar-refractivity contribution in [2.45, 2.75) is 19.6 Å². The second kappa shape index (κ2) is 8.44. The summed E-state index contributed by atoms with van der Waals surface area (Å²) in [6, 6.07) is 11.1. The Labute approximate surface area is 167 Å². The predicted octanol–water partition coefficient (Wildman–Crippen LogP) is 3.85. The summed E-state index contributed by atoms with van der Waals surface area (Å²) >= 11 is 5.97. The van der Waals surface area contributed by atoms with E-state index >= 15 is 0 Å². The van der Waals surface area contributed by atoms with Gasteiger partial charge in [-0.2, -0.15) is 0 Å². The van der Waals surface area contributed by atoms with Gasteiger partial charge in [0.05, 0.1) is 5.57 Å². The number of halogens is 2. The standard InChI is InChI=1S/C21H19ClFNO4/c1-13(20(25)24(2)11-14-4-3-5-18(23)8-14)28-21(26)16-9-15-10-17(22)6-7-19(15)27-12-16/h3-10,13H,11-12H2,1-2H3/t13-/m1/s1. The predicted molar refractivity (Wildman–Crippen MR) is 103 cm³/mol. The molecule has 0 unspecified atom stereocenters. The van der Waals surface area contributed by atoms with Gasteiger partial charge < -0.3 is 14.4 Å². The molecule has 1 amide bonds. The first-order valence-electron chi connectivity index (χ1n) is 8.67. The van der Waals surface area contributed by atoms with Crippen molar-refractivity contribution < 1.29 is 23.5 Å². The molecule has 1 heterocycles. The maximum atomic E-state index is 13.3. The maximum absolute atomic E-state index is 13.3. The van der Waals surface area contributed by atoms with Crippen molar-refractivity contribution in [3.05, 3.63) is 70.0 Å². The number of fused-ring (bicyclic) bond motifs is 1. The molecule has 0 bridgehead atoms. The lowest BCUT2D eigenvalue weighted by Gasteiger charge is -2.23. The number of ether oxygens (including phenoxy) is 2. The number of hydrogen-bond donors (Lipinski definition) is 0. The van der Waals surface area contributed by atoms with Crippen LogP contribution in [0.15, 0.2) is 48.0 Å². The molecule has 0 radical (unpaired) electrons. The summed E-state index contributed by atoms with van der Waals surface area (Å²) in [6.07, 6.45) is 0.647. The first-order chi connectivity index (χ1) is 13.3. The van der Waals surface area contributed by atoms with Crippen LogP contribution in [0, 0.1) is 5.82 Å². The molecule has 0 spiro atoms. The van der Waals surface area contributed by atoms with Gasteiger partial charge in [0.25, 0.3) is 5.91 Å². The van der Waals surface area contributed by atoms with Gasteiger partial charge in [-0.25, -0.2) is 9.18 Å². The van der Waals surface area contributed by atoms with Crippen LogP contribution in [0.2, 0.25) is 5.02 Å². The highest BCUT2D eigenvalue weighted by atomic mass is 35.5. The number of likely N-dealkylation sites (N-methyl/N-ethyl adjacent to an activating group) is 1. The van der Waals surface area contributed by atoms with E-state index in [0.717, 1.165) is 0 Å². The minimum absolute atomic E-state index is 0.0491. The first kappa shape index (κ1) is 19.9. The van der Waals surface area contributed by atoms with E-state index in [2.05, 4.69) is 0 Å². The summed E-state index contributed by atoms with van der Waals surface area (Å²) in [5.74, 6) is -0.772. The quantitative estimate of drug-likeness (QED) is 0.712. The van der Waals surface area contributed by atoms with Crippen molar-refractivity contribution in [1.82, 2.24) is 4.90 Å². The van der Waals surface area contributed by atoms with Crippen LogP contribution < -0.4 is 4.74 Å². The molecule has 0 saturated heterocycles. The van der Waals surface area contributed by atoms with Crippen LogP contribution in [-0.2, 0) is 20.9 Å². The van der Waals surface area contributed by atoms with E-state index in [1.54, 1.807) is 43.5 Å². The molecule has 2 aromatic carbocycles. The summed E-state index contributed by atoms with van der Waals surface area (Å²) in [7, 11) is 1.57. The van der Waals surface area contributed by atoms with Gasteiger partial charge in [0, 0.05) is 24.2 Å². The monoisotopic (exact) mass is 403 g/mol. The molecule has 1 atom stereocenters. The second-order valence-corrected chi connectivity index (χ2v) is 6.95. The number of carbonyl (C=O) groups is 2. The fourth-order valence-electron chi connectivity index (χ4n) is 2.85. The molecule has 5 nitrogen and oxygen atoms in total. The SMILES string of the molecule is C[C@@H](OC(=O)C1=Cc2cc(Cl)ccc2OC1)C(=O)N(C)Cc1cccc(F)c1. The average molecular weight is 404 g/mol. The van der Waals surface area contributed by atoms with Gasteiger partial charge in [-0.1, -0.05) is 23.7 Å². The van der Waals surface area contributed by atoms with Crippen molar-refractivity contribution in [3.63, 3.8) is 0 Å². The Balaban J connectivity index is 1.62. The fraction of sp³-hybridized carbons (Fsp3) is 0.238. The summed E-state index contributed by atoms with van der Waals surface area (Å²) in [4.78, 5) is 26.3. The number of amides is 1. The minimum atomic E-state index is -0.993. The van der Waals surface area contributed by atoms with E-state index in [9.17, 15) is 14.0 Å². The molecule has 28 heavy (non-hydrogen) atoms. The highest BCUT2D eigenvalue weighted by Gasteiger charge is 2.25. The molecule has 0 fully saturated rings. The second-order valence-electron chi connectivity index (χ2n) is 6.51. The van der Waals surface area contributed by atoms with Crippen molar-refractivity contribution >= 4 is 29.6 Å². The van der Waals surface area contributed by atoms with Crippen LogP contribution in [0.1, 0.15) is 18.1 Å². The van der Waals surface area contributed by atoms with Gasteiger partial charge in [0.1, 0.15) is 18.2 Å². The lowest BCUT2D eigenvalue weighted by molar-refractivity contribution is -0.155. The molecule has 0 saturated carbocycles. The van der Waals surface area contributed by atoms with E-state index < -0.39 is 18.0 Å². The van der Waals surface area contributed by atoms with Gasteiger partial charge in [-0.15, -0.1) is 0 Å². The molecule has 3 rings (SSSR count). The lowest BCUT2D eigenvalue weighted by atomic mass is 10.1. The number of benzene rings is 2. The molecule has 7 heteroatoms. The molecule has 1 aliphatic heterocycles. The van der Waals surface area contributed by atoms with Crippen molar-refractivity contribution in [2.24, 2.45) is 0 Å². The molecule has 0 aliphatic carbocycles. The third-order valence-electron chi connectivity index (χ3n) is 4.26. The Morgan fingerprint density at radius 3 is 2.82 bits per heavy atom.